The number of rotatable bonds is 5. The first-order valence-corrected chi connectivity index (χ1v) is 6.68. The number of aryl methyl sites for hydroxylation is 1. The molecule has 1 fully saturated rings. The minimum Gasteiger partial charge on any atom is -0.359 e. The average molecular weight is 251 g/mol. The molecule has 2 N–H and O–H groups in total. The Hall–Kier alpha value is -1.36. The van der Waals surface area contributed by atoms with Crippen molar-refractivity contribution in [1.82, 2.24) is 15.8 Å². The summed E-state index contributed by atoms with van der Waals surface area (Å²) in [6.45, 7) is 5.40. The number of nitrogens with one attached hydrogen (secondary N) is 2. The fraction of sp³-hybridized carbons (Fsp3) is 0.692. The Morgan fingerprint density at radius 3 is 3.00 bits per heavy atom. The Morgan fingerprint density at radius 1 is 1.61 bits per heavy atom. The van der Waals surface area contributed by atoms with Gasteiger partial charge in [0.05, 0.1) is 17.8 Å². The number of carbonyl (C=O) groups is 1. The van der Waals surface area contributed by atoms with Crippen LogP contribution in [0.15, 0.2) is 10.6 Å². The first kappa shape index (κ1) is 13.1. The molecule has 1 atom stereocenters. The summed E-state index contributed by atoms with van der Waals surface area (Å²) in [5.74, 6) is 0.779. The highest BCUT2D eigenvalue weighted by Crippen LogP contribution is 2.23. The van der Waals surface area contributed by atoms with Crippen molar-refractivity contribution >= 4 is 5.91 Å². The maximum absolute atomic E-state index is 12.2. The third-order valence-corrected chi connectivity index (χ3v) is 3.68. The van der Waals surface area contributed by atoms with Gasteiger partial charge in [0.1, 0.15) is 0 Å². The molecule has 1 unspecified atom stereocenters. The molecule has 1 aromatic heterocycles. The molecule has 1 aromatic rings. The molecule has 5 nitrogen and oxygen atoms in total. The van der Waals surface area contributed by atoms with Gasteiger partial charge in [0.15, 0.2) is 5.76 Å². The summed E-state index contributed by atoms with van der Waals surface area (Å²) in [5, 5.41) is 10.2. The number of aromatic nitrogens is 1. The molecule has 0 bridgehead atoms. The Kier molecular flexibility index (Phi) is 4.01. The second kappa shape index (κ2) is 5.52. The maximum atomic E-state index is 12.2. The van der Waals surface area contributed by atoms with E-state index in [2.05, 4.69) is 15.8 Å². The molecule has 1 aliphatic rings. The molecule has 2 rings (SSSR count). The highest BCUT2D eigenvalue weighted by Gasteiger charge is 2.38. The van der Waals surface area contributed by atoms with Crippen molar-refractivity contribution < 1.29 is 9.32 Å². The largest absolute Gasteiger partial charge is 0.359 e. The van der Waals surface area contributed by atoms with Crippen molar-refractivity contribution in [1.29, 1.82) is 0 Å². The van der Waals surface area contributed by atoms with Crippen molar-refractivity contribution in [3.8, 4) is 0 Å². The van der Waals surface area contributed by atoms with Gasteiger partial charge in [-0.1, -0.05) is 19.0 Å². The molecule has 0 aliphatic carbocycles. The molecule has 0 spiro atoms. The van der Waals surface area contributed by atoms with Crippen LogP contribution in [0.5, 0.6) is 0 Å². The second-order valence-corrected chi connectivity index (χ2v) is 4.79. The van der Waals surface area contributed by atoms with Crippen LogP contribution in [0.4, 0.5) is 0 Å². The van der Waals surface area contributed by atoms with E-state index in [1.165, 1.54) is 0 Å². The zero-order valence-corrected chi connectivity index (χ0v) is 11.1. The Labute approximate surface area is 107 Å². The van der Waals surface area contributed by atoms with Crippen LogP contribution in [0, 0.1) is 0 Å². The number of hydrogen-bond donors (Lipinski definition) is 2. The maximum Gasteiger partial charge on any atom is 0.240 e. The topological polar surface area (TPSA) is 67.2 Å². The third-order valence-electron chi connectivity index (χ3n) is 3.68. The normalized spacial score (nSPS) is 23.2. The van der Waals surface area contributed by atoms with Gasteiger partial charge < -0.3 is 15.2 Å². The van der Waals surface area contributed by atoms with Crippen LogP contribution in [-0.4, -0.2) is 23.1 Å². The van der Waals surface area contributed by atoms with Gasteiger partial charge in [-0.15, -0.1) is 0 Å². The lowest BCUT2D eigenvalue weighted by atomic mass is 9.93. The third kappa shape index (κ3) is 2.56. The monoisotopic (exact) mass is 251 g/mol. The predicted octanol–water partition coefficient (Wildman–Crippen LogP) is 1.39. The fourth-order valence-corrected chi connectivity index (χ4v) is 2.40. The summed E-state index contributed by atoms with van der Waals surface area (Å²) >= 11 is 0. The van der Waals surface area contributed by atoms with Crippen molar-refractivity contribution in [3.63, 3.8) is 0 Å². The van der Waals surface area contributed by atoms with E-state index in [-0.39, 0.29) is 11.4 Å². The standard InChI is InChI=1S/C13H21N3O2/c1-3-10-8-11(18-16-10)9-14-12(17)13(4-2)6-5-7-15-13/h8,15H,3-7,9H2,1-2H3,(H,14,17). The molecular formula is C13H21N3O2. The summed E-state index contributed by atoms with van der Waals surface area (Å²) in [7, 11) is 0. The summed E-state index contributed by atoms with van der Waals surface area (Å²) in [6, 6.07) is 1.89. The van der Waals surface area contributed by atoms with Gasteiger partial charge >= 0.3 is 0 Å². The van der Waals surface area contributed by atoms with Crippen LogP contribution in [-0.2, 0) is 17.8 Å². The van der Waals surface area contributed by atoms with Gasteiger partial charge in [0.2, 0.25) is 5.91 Å². The van der Waals surface area contributed by atoms with E-state index in [0.717, 1.165) is 37.9 Å². The second-order valence-electron chi connectivity index (χ2n) is 4.79. The van der Waals surface area contributed by atoms with E-state index in [1.54, 1.807) is 0 Å². The fourth-order valence-electron chi connectivity index (χ4n) is 2.40. The van der Waals surface area contributed by atoms with Crippen LogP contribution >= 0.6 is 0 Å². The van der Waals surface area contributed by atoms with Crippen molar-refractivity contribution in [3.05, 3.63) is 17.5 Å². The van der Waals surface area contributed by atoms with E-state index < -0.39 is 0 Å². The minimum atomic E-state index is -0.381. The molecule has 100 valence electrons. The molecule has 0 saturated carbocycles. The average Bonchev–Trinajstić information content (AvgIpc) is 3.05. The Balaban J connectivity index is 1.91. The Morgan fingerprint density at radius 2 is 2.44 bits per heavy atom. The van der Waals surface area contributed by atoms with Gasteiger partial charge in [-0.2, -0.15) is 0 Å². The van der Waals surface area contributed by atoms with E-state index in [1.807, 2.05) is 19.9 Å². The van der Waals surface area contributed by atoms with Gasteiger partial charge in [-0.3, -0.25) is 4.79 Å². The number of carbonyl (C=O) groups excluding carboxylic acids is 1. The molecular weight excluding hydrogens is 230 g/mol. The smallest absolute Gasteiger partial charge is 0.240 e. The molecule has 0 radical (unpaired) electrons. The number of amides is 1. The van der Waals surface area contributed by atoms with Crippen LogP contribution < -0.4 is 10.6 Å². The first-order valence-electron chi connectivity index (χ1n) is 6.68. The number of hydrogen-bond acceptors (Lipinski definition) is 4. The van der Waals surface area contributed by atoms with Crippen LogP contribution in [0.2, 0.25) is 0 Å². The summed E-state index contributed by atoms with van der Waals surface area (Å²) in [6.07, 6.45) is 3.63. The summed E-state index contributed by atoms with van der Waals surface area (Å²) in [5.41, 5.74) is 0.539. The molecule has 1 aliphatic heterocycles. The van der Waals surface area contributed by atoms with E-state index >= 15 is 0 Å². The molecule has 2 heterocycles. The molecule has 5 heteroatoms. The van der Waals surface area contributed by atoms with E-state index in [0.29, 0.717) is 12.3 Å². The Bertz CT molecular complexity index is 408. The summed E-state index contributed by atoms with van der Waals surface area (Å²) in [4.78, 5) is 12.2. The van der Waals surface area contributed by atoms with Crippen molar-refractivity contribution in [2.75, 3.05) is 6.54 Å². The van der Waals surface area contributed by atoms with Crippen LogP contribution in [0.1, 0.15) is 44.6 Å². The SMILES string of the molecule is CCc1cc(CNC(=O)C2(CC)CCCN2)on1. The summed E-state index contributed by atoms with van der Waals surface area (Å²) < 4.78 is 5.15. The van der Waals surface area contributed by atoms with Gasteiger partial charge in [-0.05, 0) is 32.2 Å². The zero-order chi connectivity index (χ0) is 13.0. The minimum absolute atomic E-state index is 0.0666. The molecule has 1 saturated heterocycles. The molecule has 18 heavy (non-hydrogen) atoms. The van der Waals surface area contributed by atoms with Crippen molar-refractivity contribution in [2.24, 2.45) is 0 Å². The lowest BCUT2D eigenvalue weighted by Crippen LogP contribution is -2.52. The zero-order valence-electron chi connectivity index (χ0n) is 11.1. The lowest BCUT2D eigenvalue weighted by molar-refractivity contribution is -0.127. The van der Waals surface area contributed by atoms with Gasteiger partial charge in [0, 0.05) is 6.07 Å². The molecule has 1 amide bonds. The van der Waals surface area contributed by atoms with E-state index in [9.17, 15) is 4.79 Å². The first-order chi connectivity index (χ1) is 8.70. The van der Waals surface area contributed by atoms with Crippen LogP contribution in [0.25, 0.3) is 0 Å². The highest BCUT2D eigenvalue weighted by molar-refractivity contribution is 5.86. The van der Waals surface area contributed by atoms with Gasteiger partial charge in [-0.25, -0.2) is 0 Å². The highest BCUT2D eigenvalue weighted by atomic mass is 16.5. The number of nitrogens with zero attached hydrogens (tertiary/aromatic N) is 1. The quantitative estimate of drug-likeness (QED) is 0.829. The van der Waals surface area contributed by atoms with Crippen LogP contribution in [0.3, 0.4) is 0 Å². The lowest BCUT2D eigenvalue weighted by Gasteiger charge is -2.26. The van der Waals surface area contributed by atoms with Crippen molar-refractivity contribution in [2.45, 2.75) is 51.6 Å². The predicted molar refractivity (Wildman–Crippen MR) is 68.0 cm³/mol. The van der Waals surface area contributed by atoms with Gasteiger partial charge in [0.25, 0.3) is 0 Å². The molecule has 0 aromatic carbocycles. The van der Waals surface area contributed by atoms with E-state index in [4.69, 9.17) is 4.52 Å².